The molecule has 0 atom stereocenters. The van der Waals surface area contributed by atoms with E-state index >= 15 is 0 Å². The lowest BCUT2D eigenvalue weighted by Gasteiger charge is -2.17. The third-order valence-corrected chi connectivity index (χ3v) is 4.19. The van der Waals surface area contributed by atoms with Gasteiger partial charge in [-0.15, -0.1) is 5.10 Å². The van der Waals surface area contributed by atoms with Crippen LogP contribution >= 0.6 is 0 Å². The molecule has 0 saturated heterocycles. The quantitative estimate of drug-likeness (QED) is 0.637. The maximum atomic E-state index is 11.8. The van der Waals surface area contributed by atoms with Gasteiger partial charge >= 0.3 is 5.97 Å². The van der Waals surface area contributed by atoms with E-state index in [1.165, 1.54) is 22.2 Å². The van der Waals surface area contributed by atoms with Gasteiger partial charge in [0.25, 0.3) is 10.2 Å². The summed E-state index contributed by atoms with van der Waals surface area (Å²) in [6, 6.07) is 0. The number of rotatable bonds is 9. The molecule has 1 aromatic rings. The standard InChI is InChI=1S/C10H19N5O4S/c1-3-4-6-14(2)20(18,19)11-5-7-15-8-9(10(16)17)12-13-15/h8,11H,3-7H2,1-2H3,(H,16,17). The van der Waals surface area contributed by atoms with E-state index in [1.54, 1.807) is 0 Å². The number of nitrogens with one attached hydrogen (secondary N) is 1. The number of aromatic nitrogens is 3. The zero-order chi connectivity index (χ0) is 15.2. The molecule has 0 saturated carbocycles. The average Bonchev–Trinajstić information content (AvgIpc) is 2.84. The van der Waals surface area contributed by atoms with Gasteiger partial charge in [-0.05, 0) is 6.42 Å². The van der Waals surface area contributed by atoms with E-state index in [2.05, 4.69) is 15.0 Å². The number of hydrogen-bond acceptors (Lipinski definition) is 5. The summed E-state index contributed by atoms with van der Waals surface area (Å²) in [5.41, 5.74) is -0.173. The minimum atomic E-state index is -3.51. The number of carbonyl (C=O) groups is 1. The molecule has 0 spiro atoms. The second-order valence-electron chi connectivity index (χ2n) is 4.25. The van der Waals surface area contributed by atoms with Crippen LogP contribution in [-0.2, 0) is 16.8 Å². The van der Waals surface area contributed by atoms with E-state index in [4.69, 9.17) is 5.11 Å². The first kappa shape index (κ1) is 16.5. The summed E-state index contributed by atoms with van der Waals surface area (Å²) < 4.78 is 28.6. The Hall–Kier alpha value is -1.52. The van der Waals surface area contributed by atoms with E-state index < -0.39 is 16.2 Å². The Labute approximate surface area is 117 Å². The number of nitrogens with zero attached hydrogens (tertiary/aromatic N) is 4. The van der Waals surface area contributed by atoms with Crippen LogP contribution in [0.2, 0.25) is 0 Å². The van der Waals surface area contributed by atoms with E-state index in [-0.39, 0.29) is 18.8 Å². The normalized spacial score (nSPS) is 11.9. The average molecular weight is 305 g/mol. The largest absolute Gasteiger partial charge is 0.476 e. The Morgan fingerprint density at radius 2 is 2.25 bits per heavy atom. The number of hydrogen-bond donors (Lipinski definition) is 2. The predicted octanol–water partition coefficient (Wildman–Crippen LogP) is -0.457. The Balaban J connectivity index is 2.44. The summed E-state index contributed by atoms with van der Waals surface area (Å²) in [6.45, 7) is 2.76. The monoisotopic (exact) mass is 305 g/mol. The fourth-order valence-electron chi connectivity index (χ4n) is 1.41. The van der Waals surface area contributed by atoms with Crippen LogP contribution in [0.25, 0.3) is 0 Å². The van der Waals surface area contributed by atoms with Crippen molar-refractivity contribution in [3.63, 3.8) is 0 Å². The molecule has 0 aliphatic carbocycles. The maximum Gasteiger partial charge on any atom is 0.358 e. The zero-order valence-corrected chi connectivity index (χ0v) is 12.3. The lowest BCUT2D eigenvalue weighted by atomic mass is 10.3. The third kappa shape index (κ3) is 4.87. The van der Waals surface area contributed by atoms with Crippen LogP contribution in [-0.4, -0.2) is 58.9 Å². The number of unbranched alkanes of at least 4 members (excludes halogenated alkanes) is 1. The first-order valence-corrected chi connectivity index (χ1v) is 7.65. The molecule has 0 unspecified atom stereocenters. The fraction of sp³-hybridized carbons (Fsp3) is 0.700. The molecule has 1 heterocycles. The van der Waals surface area contributed by atoms with Crippen molar-refractivity contribution in [3.8, 4) is 0 Å². The molecule has 0 amide bonds. The lowest BCUT2D eigenvalue weighted by Crippen LogP contribution is -2.40. The van der Waals surface area contributed by atoms with Crippen molar-refractivity contribution in [1.82, 2.24) is 24.0 Å². The molecule has 10 heteroatoms. The molecule has 0 aliphatic heterocycles. The summed E-state index contributed by atoms with van der Waals surface area (Å²) in [6.07, 6.45) is 2.96. The van der Waals surface area contributed by atoms with E-state index in [0.29, 0.717) is 6.54 Å². The third-order valence-electron chi connectivity index (χ3n) is 2.62. The molecule has 0 fully saturated rings. The molecule has 0 bridgehead atoms. The van der Waals surface area contributed by atoms with Crippen molar-refractivity contribution >= 4 is 16.2 Å². The molecular weight excluding hydrogens is 286 g/mol. The van der Waals surface area contributed by atoms with Gasteiger partial charge in [-0.3, -0.25) is 4.68 Å². The zero-order valence-electron chi connectivity index (χ0n) is 11.5. The van der Waals surface area contributed by atoms with Gasteiger partial charge < -0.3 is 5.11 Å². The van der Waals surface area contributed by atoms with Crippen LogP contribution in [0.5, 0.6) is 0 Å². The second kappa shape index (κ2) is 7.31. The topological polar surface area (TPSA) is 117 Å². The van der Waals surface area contributed by atoms with E-state index in [9.17, 15) is 13.2 Å². The molecular formula is C10H19N5O4S. The smallest absolute Gasteiger partial charge is 0.358 e. The predicted molar refractivity (Wildman–Crippen MR) is 71.4 cm³/mol. The van der Waals surface area contributed by atoms with Gasteiger partial charge in [0.1, 0.15) is 0 Å². The second-order valence-corrected chi connectivity index (χ2v) is 6.11. The van der Waals surface area contributed by atoms with Gasteiger partial charge in [0.2, 0.25) is 0 Å². The SMILES string of the molecule is CCCCN(C)S(=O)(=O)NCCn1cc(C(=O)O)nn1. The van der Waals surface area contributed by atoms with Crippen LogP contribution in [0.1, 0.15) is 30.3 Å². The lowest BCUT2D eigenvalue weighted by molar-refractivity contribution is 0.0690. The van der Waals surface area contributed by atoms with Gasteiger partial charge in [0.05, 0.1) is 12.7 Å². The van der Waals surface area contributed by atoms with Crippen molar-refractivity contribution in [2.24, 2.45) is 0 Å². The van der Waals surface area contributed by atoms with Crippen molar-refractivity contribution in [1.29, 1.82) is 0 Å². The Bertz CT molecular complexity index is 542. The molecule has 1 rings (SSSR count). The van der Waals surface area contributed by atoms with Gasteiger partial charge in [-0.25, -0.2) is 9.52 Å². The van der Waals surface area contributed by atoms with Gasteiger partial charge in [-0.2, -0.15) is 12.7 Å². The summed E-state index contributed by atoms with van der Waals surface area (Å²) in [4.78, 5) is 10.6. The molecule has 0 aromatic carbocycles. The summed E-state index contributed by atoms with van der Waals surface area (Å²) in [7, 11) is -2.00. The Kier molecular flexibility index (Phi) is 6.05. The van der Waals surface area contributed by atoms with Crippen LogP contribution in [0.15, 0.2) is 6.20 Å². The minimum Gasteiger partial charge on any atom is -0.476 e. The van der Waals surface area contributed by atoms with Crippen LogP contribution in [0, 0.1) is 0 Å². The molecule has 1 aromatic heterocycles. The minimum absolute atomic E-state index is 0.112. The molecule has 9 nitrogen and oxygen atoms in total. The van der Waals surface area contributed by atoms with Crippen molar-refractivity contribution in [2.75, 3.05) is 20.1 Å². The van der Waals surface area contributed by atoms with Crippen molar-refractivity contribution in [2.45, 2.75) is 26.3 Å². The highest BCUT2D eigenvalue weighted by molar-refractivity contribution is 7.87. The van der Waals surface area contributed by atoms with Crippen LogP contribution < -0.4 is 4.72 Å². The Morgan fingerprint density at radius 1 is 1.55 bits per heavy atom. The highest BCUT2D eigenvalue weighted by atomic mass is 32.2. The molecule has 20 heavy (non-hydrogen) atoms. The fourth-order valence-corrected chi connectivity index (χ4v) is 2.35. The van der Waals surface area contributed by atoms with Crippen LogP contribution in [0.4, 0.5) is 0 Å². The van der Waals surface area contributed by atoms with Gasteiger partial charge in [0, 0.05) is 20.1 Å². The summed E-state index contributed by atoms with van der Waals surface area (Å²) >= 11 is 0. The summed E-state index contributed by atoms with van der Waals surface area (Å²) in [5, 5.41) is 15.7. The summed E-state index contributed by atoms with van der Waals surface area (Å²) in [5.74, 6) is -1.17. The number of aromatic carboxylic acids is 1. The highest BCUT2D eigenvalue weighted by Gasteiger charge is 2.16. The molecule has 0 aliphatic rings. The van der Waals surface area contributed by atoms with Gasteiger partial charge in [-0.1, -0.05) is 18.6 Å². The molecule has 0 radical (unpaired) electrons. The Morgan fingerprint density at radius 3 is 2.80 bits per heavy atom. The molecule has 2 N–H and O–H groups in total. The van der Waals surface area contributed by atoms with E-state index in [0.717, 1.165) is 12.8 Å². The highest BCUT2D eigenvalue weighted by Crippen LogP contribution is 1.98. The van der Waals surface area contributed by atoms with E-state index in [1.807, 2.05) is 6.92 Å². The number of carboxylic acids is 1. The number of carboxylic acid groups (broad SMARTS) is 1. The van der Waals surface area contributed by atoms with Gasteiger partial charge in [0.15, 0.2) is 5.69 Å². The molecule has 114 valence electrons. The van der Waals surface area contributed by atoms with Crippen molar-refractivity contribution < 1.29 is 18.3 Å². The first-order chi connectivity index (χ1) is 9.36. The van der Waals surface area contributed by atoms with Crippen LogP contribution in [0.3, 0.4) is 0 Å². The van der Waals surface area contributed by atoms with Crippen molar-refractivity contribution in [3.05, 3.63) is 11.9 Å². The first-order valence-electron chi connectivity index (χ1n) is 6.21. The maximum absolute atomic E-state index is 11.8.